The summed E-state index contributed by atoms with van der Waals surface area (Å²) in [4.78, 5) is 2.12. The lowest BCUT2D eigenvalue weighted by Gasteiger charge is -2.32. The van der Waals surface area contributed by atoms with Gasteiger partial charge in [0, 0.05) is 13.5 Å². The van der Waals surface area contributed by atoms with Gasteiger partial charge in [0.2, 0.25) is 11.8 Å². The van der Waals surface area contributed by atoms with Crippen LogP contribution in [0.15, 0.2) is 4.42 Å². The molecule has 0 aliphatic carbocycles. The van der Waals surface area contributed by atoms with Crippen molar-refractivity contribution in [2.45, 2.75) is 57.8 Å². The molecule has 0 unspecified atom stereocenters. The summed E-state index contributed by atoms with van der Waals surface area (Å²) in [6, 6.07) is -0.190. The number of hydrogen-bond acceptors (Lipinski definition) is 6. The van der Waals surface area contributed by atoms with Crippen molar-refractivity contribution in [3.63, 3.8) is 0 Å². The standard InChI is InChI=1S/C15H21F3N6O/c1-3-11-19-20-12(23(11)2)9-24-7-5-4-6-10(24)14-22-21-13(25-14)8-15(16,17)18/h10H,3-9H2,1-2H3/t10-/m0/s1. The molecule has 0 saturated carbocycles. The van der Waals surface area contributed by atoms with Crippen molar-refractivity contribution in [3.05, 3.63) is 23.4 Å². The maximum atomic E-state index is 12.5. The van der Waals surface area contributed by atoms with Crippen molar-refractivity contribution >= 4 is 0 Å². The number of piperidine rings is 1. The molecule has 0 bridgehead atoms. The molecule has 1 aliphatic rings. The zero-order valence-corrected chi connectivity index (χ0v) is 14.3. The molecular weight excluding hydrogens is 337 g/mol. The molecule has 2 aromatic heterocycles. The molecule has 1 aliphatic heterocycles. The van der Waals surface area contributed by atoms with Gasteiger partial charge in [-0.25, -0.2) is 0 Å². The van der Waals surface area contributed by atoms with Crippen LogP contribution in [0.1, 0.15) is 55.7 Å². The molecule has 1 atom stereocenters. The fourth-order valence-electron chi connectivity index (χ4n) is 3.13. The third-order valence-electron chi connectivity index (χ3n) is 4.45. The highest BCUT2D eigenvalue weighted by Gasteiger charge is 2.34. The Balaban J connectivity index is 1.75. The molecule has 0 spiro atoms. The Morgan fingerprint density at radius 1 is 1.12 bits per heavy atom. The first kappa shape index (κ1) is 17.8. The van der Waals surface area contributed by atoms with Crippen LogP contribution >= 0.6 is 0 Å². The van der Waals surface area contributed by atoms with Gasteiger partial charge in [0.1, 0.15) is 18.1 Å². The van der Waals surface area contributed by atoms with E-state index in [1.807, 2.05) is 18.5 Å². The Morgan fingerprint density at radius 2 is 1.88 bits per heavy atom. The van der Waals surface area contributed by atoms with Crippen LogP contribution in [0.4, 0.5) is 13.2 Å². The van der Waals surface area contributed by atoms with E-state index >= 15 is 0 Å². The Hall–Kier alpha value is -1.97. The summed E-state index contributed by atoms with van der Waals surface area (Å²) in [5, 5.41) is 15.8. The second-order valence-corrected chi connectivity index (χ2v) is 6.25. The maximum absolute atomic E-state index is 12.5. The second kappa shape index (κ2) is 7.11. The van der Waals surface area contributed by atoms with Crippen molar-refractivity contribution in [2.24, 2.45) is 7.05 Å². The van der Waals surface area contributed by atoms with Crippen LogP contribution in [0.25, 0.3) is 0 Å². The number of halogens is 3. The number of alkyl halides is 3. The van der Waals surface area contributed by atoms with Crippen LogP contribution in [-0.4, -0.2) is 42.6 Å². The van der Waals surface area contributed by atoms with Gasteiger partial charge in [-0.3, -0.25) is 4.90 Å². The van der Waals surface area contributed by atoms with E-state index in [4.69, 9.17) is 4.42 Å². The zero-order chi connectivity index (χ0) is 18.0. The van der Waals surface area contributed by atoms with E-state index in [1.54, 1.807) is 0 Å². The minimum atomic E-state index is -4.36. The van der Waals surface area contributed by atoms with E-state index in [-0.39, 0.29) is 17.8 Å². The van der Waals surface area contributed by atoms with Crippen molar-refractivity contribution in [3.8, 4) is 0 Å². The van der Waals surface area contributed by atoms with Gasteiger partial charge in [-0.1, -0.05) is 13.3 Å². The van der Waals surface area contributed by atoms with Gasteiger partial charge < -0.3 is 8.98 Å². The third kappa shape index (κ3) is 4.17. The smallest absolute Gasteiger partial charge is 0.397 e. The first-order valence-corrected chi connectivity index (χ1v) is 8.37. The molecule has 1 saturated heterocycles. The molecule has 25 heavy (non-hydrogen) atoms. The van der Waals surface area contributed by atoms with Gasteiger partial charge in [0.05, 0.1) is 12.6 Å². The molecular formula is C15H21F3N6O. The van der Waals surface area contributed by atoms with Crippen LogP contribution in [0.2, 0.25) is 0 Å². The molecule has 7 nitrogen and oxygen atoms in total. The first-order valence-electron chi connectivity index (χ1n) is 8.37. The fourth-order valence-corrected chi connectivity index (χ4v) is 3.13. The molecule has 2 aromatic rings. The molecule has 1 fully saturated rings. The number of aromatic nitrogens is 5. The van der Waals surface area contributed by atoms with E-state index in [0.717, 1.165) is 43.9 Å². The summed E-state index contributed by atoms with van der Waals surface area (Å²) < 4.78 is 44.7. The predicted molar refractivity (Wildman–Crippen MR) is 81.4 cm³/mol. The Labute approximate surface area is 143 Å². The average molecular weight is 358 g/mol. The molecule has 138 valence electrons. The van der Waals surface area contributed by atoms with Gasteiger partial charge in [-0.15, -0.1) is 20.4 Å². The lowest BCUT2D eigenvalue weighted by Crippen LogP contribution is -2.34. The van der Waals surface area contributed by atoms with Gasteiger partial charge in [0.25, 0.3) is 0 Å². The van der Waals surface area contributed by atoms with Crippen LogP contribution in [-0.2, 0) is 26.4 Å². The molecule has 0 aromatic carbocycles. The van der Waals surface area contributed by atoms with E-state index in [2.05, 4.69) is 25.3 Å². The van der Waals surface area contributed by atoms with Crippen molar-refractivity contribution in [1.29, 1.82) is 0 Å². The van der Waals surface area contributed by atoms with Crippen LogP contribution in [0.5, 0.6) is 0 Å². The van der Waals surface area contributed by atoms with Crippen molar-refractivity contribution in [2.75, 3.05) is 6.54 Å². The molecule has 0 radical (unpaired) electrons. The number of rotatable bonds is 5. The number of nitrogens with zero attached hydrogens (tertiary/aromatic N) is 6. The highest BCUT2D eigenvalue weighted by molar-refractivity contribution is 4.99. The molecule has 3 heterocycles. The van der Waals surface area contributed by atoms with Crippen molar-refractivity contribution in [1.82, 2.24) is 29.9 Å². The fraction of sp³-hybridized carbons (Fsp3) is 0.733. The number of likely N-dealkylation sites (tertiary alicyclic amines) is 1. The highest BCUT2D eigenvalue weighted by atomic mass is 19.4. The van der Waals surface area contributed by atoms with Crippen LogP contribution < -0.4 is 0 Å². The Kier molecular flexibility index (Phi) is 5.07. The number of aryl methyl sites for hydroxylation is 1. The highest BCUT2D eigenvalue weighted by Crippen LogP contribution is 2.32. The summed E-state index contributed by atoms with van der Waals surface area (Å²) in [6.07, 6.45) is -2.01. The minimum Gasteiger partial charge on any atom is -0.423 e. The van der Waals surface area contributed by atoms with Gasteiger partial charge in [-0.05, 0) is 19.4 Å². The minimum absolute atomic E-state index is 0.190. The Bertz CT molecular complexity index is 710. The largest absolute Gasteiger partial charge is 0.423 e. The number of hydrogen-bond donors (Lipinski definition) is 0. The molecule has 3 rings (SSSR count). The van der Waals surface area contributed by atoms with Crippen LogP contribution in [0.3, 0.4) is 0 Å². The molecule has 0 amide bonds. The average Bonchev–Trinajstić information content (AvgIpc) is 3.14. The summed E-state index contributed by atoms with van der Waals surface area (Å²) >= 11 is 0. The van der Waals surface area contributed by atoms with Gasteiger partial charge >= 0.3 is 6.18 Å². The van der Waals surface area contributed by atoms with Gasteiger partial charge in [0.15, 0.2) is 0 Å². The lowest BCUT2D eigenvalue weighted by molar-refractivity contribution is -0.131. The predicted octanol–water partition coefficient (Wildman–Crippen LogP) is 2.59. The van der Waals surface area contributed by atoms with E-state index in [9.17, 15) is 13.2 Å². The summed E-state index contributed by atoms with van der Waals surface area (Å²) in [5.41, 5.74) is 0. The van der Waals surface area contributed by atoms with E-state index < -0.39 is 12.6 Å². The summed E-state index contributed by atoms with van der Waals surface area (Å²) in [7, 11) is 1.92. The quantitative estimate of drug-likeness (QED) is 0.818. The monoisotopic (exact) mass is 358 g/mol. The maximum Gasteiger partial charge on any atom is 0.397 e. The Morgan fingerprint density at radius 3 is 2.56 bits per heavy atom. The molecule has 10 heteroatoms. The van der Waals surface area contributed by atoms with Crippen molar-refractivity contribution < 1.29 is 17.6 Å². The third-order valence-corrected chi connectivity index (χ3v) is 4.45. The normalized spacial score (nSPS) is 19.5. The van der Waals surface area contributed by atoms with Crippen LogP contribution in [0, 0.1) is 0 Å². The van der Waals surface area contributed by atoms with E-state index in [1.165, 1.54) is 0 Å². The summed E-state index contributed by atoms with van der Waals surface area (Å²) in [5.74, 6) is 1.57. The SMILES string of the molecule is CCc1nnc(CN2CCCC[C@H]2c2nnc(CC(F)(F)F)o2)n1C. The van der Waals surface area contributed by atoms with E-state index in [0.29, 0.717) is 6.54 Å². The van der Waals surface area contributed by atoms with Gasteiger partial charge in [-0.2, -0.15) is 13.2 Å². The zero-order valence-electron chi connectivity index (χ0n) is 14.3. The molecule has 0 N–H and O–H groups in total. The lowest BCUT2D eigenvalue weighted by atomic mass is 10.0. The second-order valence-electron chi connectivity index (χ2n) is 6.25. The first-order chi connectivity index (χ1) is 11.9. The summed E-state index contributed by atoms with van der Waals surface area (Å²) in [6.45, 7) is 3.36. The topological polar surface area (TPSA) is 72.9 Å².